The standard InChI is InChI=1S/C16H24N4/c1-4-6-12-20(13-10-8-7-9-11-13)16-15(17)14(5-2)18-19(16)3/h7-11H,4-6,12,17H2,1-3H3. The molecule has 0 spiro atoms. The average molecular weight is 272 g/mol. The molecule has 0 bridgehead atoms. The maximum absolute atomic E-state index is 6.30. The van der Waals surface area contributed by atoms with Crippen molar-refractivity contribution < 1.29 is 0 Å². The highest BCUT2D eigenvalue weighted by atomic mass is 15.4. The van der Waals surface area contributed by atoms with Crippen molar-refractivity contribution in [3.63, 3.8) is 0 Å². The molecule has 0 amide bonds. The number of aromatic nitrogens is 2. The molecule has 4 heteroatoms. The van der Waals surface area contributed by atoms with Crippen LogP contribution >= 0.6 is 0 Å². The lowest BCUT2D eigenvalue weighted by molar-refractivity contribution is 0.711. The number of unbranched alkanes of at least 4 members (excludes halogenated alkanes) is 1. The number of nitrogens with zero attached hydrogens (tertiary/aromatic N) is 3. The zero-order valence-corrected chi connectivity index (χ0v) is 12.6. The summed E-state index contributed by atoms with van der Waals surface area (Å²) in [5.41, 5.74) is 9.24. The molecule has 1 aromatic heterocycles. The van der Waals surface area contributed by atoms with Crippen molar-refractivity contribution in [3.8, 4) is 0 Å². The summed E-state index contributed by atoms with van der Waals surface area (Å²) >= 11 is 0. The number of benzene rings is 1. The fourth-order valence-electron chi connectivity index (χ4n) is 2.45. The van der Waals surface area contributed by atoms with E-state index in [1.165, 1.54) is 5.69 Å². The number of hydrogen-bond donors (Lipinski definition) is 1. The molecule has 1 aromatic carbocycles. The van der Waals surface area contributed by atoms with Crippen LogP contribution in [0.5, 0.6) is 0 Å². The van der Waals surface area contributed by atoms with E-state index in [0.717, 1.165) is 43.0 Å². The molecule has 0 fully saturated rings. The first-order valence-corrected chi connectivity index (χ1v) is 7.32. The summed E-state index contributed by atoms with van der Waals surface area (Å²) in [5.74, 6) is 1.00. The maximum Gasteiger partial charge on any atom is 0.154 e. The normalized spacial score (nSPS) is 10.8. The van der Waals surface area contributed by atoms with Gasteiger partial charge < -0.3 is 10.6 Å². The van der Waals surface area contributed by atoms with Crippen LogP contribution in [0.15, 0.2) is 30.3 Å². The lowest BCUT2D eigenvalue weighted by atomic mass is 10.2. The number of hydrogen-bond acceptors (Lipinski definition) is 3. The zero-order valence-electron chi connectivity index (χ0n) is 12.6. The monoisotopic (exact) mass is 272 g/mol. The van der Waals surface area contributed by atoms with Crippen molar-refractivity contribution in [1.82, 2.24) is 9.78 Å². The minimum Gasteiger partial charge on any atom is -0.394 e. The largest absolute Gasteiger partial charge is 0.394 e. The van der Waals surface area contributed by atoms with E-state index in [0.29, 0.717) is 0 Å². The van der Waals surface area contributed by atoms with Crippen molar-refractivity contribution in [1.29, 1.82) is 0 Å². The van der Waals surface area contributed by atoms with Crippen LogP contribution in [0.1, 0.15) is 32.4 Å². The molecule has 2 rings (SSSR count). The van der Waals surface area contributed by atoms with Gasteiger partial charge in [-0.25, -0.2) is 0 Å². The van der Waals surface area contributed by atoms with Gasteiger partial charge >= 0.3 is 0 Å². The first-order valence-electron chi connectivity index (χ1n) is 7.32. The third-order valence-electron chi connectivity index (χ3n) is 3.52. The Labute approximate surface area is 121 Å². The molecule has 4 nitrogen and oxygen atoms in total. The number of aryl methyl sites for hydroxylation is 2. The average Bonchev–Trinajstić information content (AvgIpc) is 2.76. The Balaban J connectivity index is 2.44. The van der Waals surface area contributed by atoms with Crippen LogP contribution in [0.3, 0.4) is 0 Å². The van der Waals surface area contributed by atoms with Gasteiger partial charge in [0.05, 0.1) is 11.4 Å². The van der Waals surface area contributed by atoms with Crippen molar-refractivity contribution >= 4 is 17.2 Å². The highest BCUT2D eigenvalue weighted by molar-refractivity contribution is 5.73. The van der Waals surface area contributed by atoms with Gasteiger partial charge in [-0.1, -0.05) is 38.5 Å². The van der Waals surface area contributed by atoms with Crippen LogP contribution in [0, 0.1) is 0 Å². The molecule has 0 radical (unpaired) electrons. The van der Waals surface area contributed by atoms with Crippen molar-refractivity contribution in [3.05, 3.63) is 36.0 Å². The summed E-state index contributed by atoms with van der Waals surface area (Å²) in [6.07, 6.45) is 3.14. The first kappa shape index (κ1) is 14.4. The quantitative estimate of drug-likeness (QED) is 0.875. The van der Waals surface area contributed by atoms with Gasteiger partial charge in [0.1, 0.15) is 0 Å². The highest BCUT2D eigenvalue weighted by Crippen LogP contribution is 2.32. The van der Waals surface area contributed by atoms with E-state index in [9.17, 15) is 0 Å². The van der Waals surface area contributed by atoms with E-state index < -0.39 is 0 Å². The molecule has 0 saturated heterocycles. The topological polar surface area (TPSA) is 47.1 Å². The van der Waals surface area contributed by atoms with Gasteiger partial charge in [0.2, 0.25) is 0 Å². The van der Waals surface area contributed by atoms with E-state index in [2.05, 4.69) is 48.1 Å². The van der Waals surface area contributed by atoms with E-state index in [4.69, 9.17) is 5.73 Å². The van der Waals surface area contributed by atoms with Crippen LogP contribution < -0.4 is 10.6 Å². The molecule has 0 aliphatic rings. The second-order valence-corrected chi connectivity index (χ2v) is 5.00. The Morgan fingerprint density at radius 2 is 1.90 bits per heavy atom. The van der Waals surface area contributed by atoms with Gasteiger partial charge in [-0.05, 0) is 25.0 Å². The molecule has 20 heavy (non-hydrogen) atoms. The second kappa shape index (κ2) is 6.46. The number of anilines is 3. The molecular formula is C16H24N4. The number of rotatable bonds is 6. The molecule has 1 heterocycles. The van der Waals surface area contributed by atoms with Gasteiger partial charge in [-0.2, -0.15) is 5.10 Å². The second-order valence-electron chi connectivity index (χ2n) is 5.00. The van der Waals surface area contributed by atoms with Crippen molar-refractivity contribution in [2.75, 3.05) is 17.2 Å². The molecule has 0 atom stereocenters. The predicted octanol–water partition coefficient (Wildman–Crippen LogP) is 3.50. The zero-order chi connectivity index (χ0) is 14.5. The van der Waals surface area contributed by atoms with Crippen LogP contribution in [0.2, 0.25) is 0 Å². The fraction of sp³-hybridized carbons (Fsp3) is 0.438. The molecule has 2 N–H and O–H groups in total. The number of nitrogen functional groups attached to an aromatic ring is 1. The Bertz CT molecular complexity index is 545. The molecular weight excluding hydrogens is 248 g/mol. The van der Waals surface area contributed by atoms with Gasteiger partial charge in [0, 0.05) is 19.3 Å². The lowest BCUT2D eigenvalue weighted by Crippen LogP contribution is -2.22. The Morgan fingerprint density at radius 3 is 2.45 bits per heavy atom. The van der Waals surface area contributed by atoms with Crippen molar-refractivity contribution in [2.24, 2.45) is 7.05 Å². The summed E-state index contributed by atoms with van der Waals surface area (Å²) in [7, 11) is 1.97. The van der Waals surface area contributed by atoms with Gasteiger partial charge in [0.15, 0.2) is 5.82 Å². The summed E-state index contributed by atoms with van der Waals surface area (Å²) in [4.78, 5) is 2.27. The van der Waals surface area contributed by atoms with Gasteiger partial charge in [0.25, 0.3) is 0 Å². The van der Waals surface area contributed by atoms with Gasteiger partial charge in [-0.15, -0.1) is 0 Å². The van der Waals surface area contributed by atoms with Crippen LogP contribution in [0.25, 0.3) is 0 Å². The third-order valence-corrected chi connectivity index (χ3v) is 3.52. The molecule has 0 aliphatic carbocycles. The highest BCUT2D eigenvalue weighted by Gasteiger charge is 2.19. The number of nitrogens with two attached hydrogens (primary N) is 1. The van der Waals surface area contributed by atoms with Crippen LogP contribution in [0.4, 0.5) is 17.2 Å². The number of para-hydroxylation sites is 1. The summed E-state index contributed by atoms with van der Waals surface area (Å²) in [6.45, 7) is 5.24. The summed E-state index contributed by atoms with van der Waals surface area (Å²) in [5, 5.41) is 4.53. The fourth-order valence-corrected chi connectivity index (χ4v) is 2.45. The third kappa shape index (κ3) is 2.79. The SMILES string of the molecule is CCCCN(c1ccccc1)c1c(N)c(CC)nn1C. The van der Waals surface area contributed by atoms with Gasteiger partial charge in [-0.3, -0.25) is 4.68 Å². The molecule has 108 valence electrons. The minimum atomic E-state index is 0.801. The van der Waals surface area contributed by atoms with Crippen LogP contribution in [-0.2, 0) is 13.5 Å². The molecule has 0 unspecified atom stereocenters. The Kier molecular flexibility index (Phi) is 4.66. The van der Waals surface area contributed by atoms with E-state index in [1.807, 2.05) is 17.8 Å². The van der Waals surface area contributed by atoms with E-state index in [-0.39, 0.29) is 0 Å². The Morgan fingerprint density at radius 1 is 1.20 bits per heavy atom. The van der Waals surface area contributed by atoms with Crippen LogP contribution in [-0.4, -0.2) is 16.3 Å². The summed E-state index contributed by atoms with van der Waals surface area (Å²) in [6, 6.07) is 10.4. The van der Waals surface area contributed by atoms with Crippen molar-refractivity contribution in [2.45, 2.75) is 33.1 Å². The minimum absolute atomic E-state index is 0.801. The molecule has 0 saturated carbocycles. The maximum atomic E-state index is 6.30. The lowest BCUT2D eigenvalue weighted by Gasteiger charge is -2.25. The van der Waals surface area contributed by atoms with E-state index in [1.54, 1.807) is 0 Å². The Hall–Kier alpha value is -1.97. The molecule has 0 aliphatic heterocycles. The predicted molar refractivity (Wildman–Crippen MR) is 85.4 cm³/mol. The smallest absolute Gasteiger partial charge is 0.154 e. The van der Waals surface area contributed by atoms with E-state index >= 15 is 0 Å². The first-order chi connectivity index (χ1) is 9.69. The molecule has 2 aromatic rings. The summed E-state index contributed by atoms with van der Waals surface area (Å²) < 4.78 is 1.90.